The van der Waals surface area contributed by atoms with Gasteiger partial charge in [-0.05, 0) is 24.1 Å². The first-order chi connectivity index (χ1) is 6.49. The Bertz CT molecular complexity index is 231. The van der Waals surface area contributed by atoms with Crippen molar-refractivity contribution in [2.24, 2.45) is 5.92 Å². The van der Waals surface area contributed by atoms with Gasteiger partial charge in [0.15, 0.2) is 0 Å². The highest BCUT2D eigenvalue weighted by Gasteiger charge is 2.41. The average molecular weight is 248 g/mol. The molecule has 0 amide bonds. The van der Waals surface area contributed by atoms with Gasteiger partial charge >= 0.3 is 5.97 Å². The zero-order valence-electron chi connectivity index (χ0n) is 10.9. The van der Waals surface area contributed by atoms with Crippen LogP contribution in [-0.4, -0.2) is 19.5 Å². The van der Waals surface area contributed by atoms with Crippen LogP contribution in [0.15, 0.2) is 0 Å². The van der Waals surface area contributed by atoms with Gasteiger partial charge in [-0.3, -0.25) is 4.79 Å². The van der Waals surface area contributed by atoms with Gasteiger partial charge in [-0.25, -0.2) is 0 Å². The van der Waals surface area contributed by atoms with Gasteiger partial charge in [-0.15, -0.1) is 0 Å². The molecule has 0 rings (SSSR count). The molecule has 0 heterocycles. The molecule has 0 radical (unpaired) electrons. The first-order valence-corrected chi connectivity index (χ1v) is 8.82. The lowest BCUT2D eigenvalue weighted by molar-refractivity contribution is -0.135. The largest absolute Gasteiger partial charge is 0.518 e. The Labute approximate surface area is 100 Å². The minimum absolute atomic E-state index is 0.0626. The van der Waals surface area contributed by atoms with E-state index < -0.39 is 8.32 Å². The Kier molecular flexibility index (Phi) is 4.92. The second-order valence-corrected chi connectivity index (χ2v) is 11.2. The molecule has 0 aromatic rings. The predicted octanol–water partition coefficient (Wildman–Crippen LogP) is 3.49. The van der Waals surface area contributed by atoms with Gasteiger partial charge < -0.3 is 4.43 Å². The van der Waals surface area contributed by atoms with E-state index >= 15 is 0 Å². The van der Waals surface area contributed by atoms with Crippen LogP contribution < -0.4 is 0 Å². The molecule has 0 spiro atoms. The summed E-state index contributed by atoms with van der Waals surface area (Å²) in [7, 11) is -1.98. The monoisotopic (exact) mass is 248 g/mol. The standard InChI is InChI=1S/C11H24O2SSi/c1-8(2)9(14)10(12)13-15(6,7)11(3,4)5/h8-9,14H,1-7H3. The van der Waals surface area contributed by atoms with Crippen molar-refractivity contribution < 1.29 is 9.22 Å². The van der Waals surface area contributed by atoms with Crippen LogP contribution in [0.25, 0.3) is 0 Å². The van der Waals surface area contributed by atoms with E-state index in [1.165, 1.54) is 0 Å². The maximum atomic E-state index is 11.8. The van der Waals surface area contributed by atoms with E-state index in [2.05, 4.69) is 46.5 Å². The molecule has 0 fully saturated rings. The Morgan fingerprint density at radius 2 is 1.67 bits per heavy atom. The van der Waals surface area contributed by atoms with Crippen LogP contribution in [0.4, 0.5) is 0 Å². The zero-order valence-corrected chi connectivity index (χ0v) is 12.8. The van der Waals surface area contributed by atoms with E-state index in [1.807, 2.05) is 13.8 Å². The fraction of sp³-hybridized carbons (Fsp3) is 0.909. The lowest BCUT2D eigenvalue weighted by Gasteiger charge is -2.36. The van der Waals surface area contributed by atoms with E-state index in [0.717, 1.165) is 0 Å². The third kappa shape index (κ3) is 4.19. The summed E-state index contributed by atoms with van der Waals surface area (Å²) in [5, 5.41) is -0.244. The van der Waals surface area contributed by atoms with Crippen LogP contribution in [0.3, 0.4) is 0 Å². The molecule has 0 saturated heterocycles. The summed E-state index contributed by atoms with van der Waals surface area (Å²) in [6, 6.07) is 0. The number of carbonyl (C=O) groups excluding carboxylic acids is 1. The maximum absolute atomic E-state index is 11.8. The highest BCUT2D eigenvalue weighted by Crippen LogP contribution is 2.37. The van der Waals surface area contributed by atoms with Crippen molar-refractivity contribution in [3.63, 3.8) is 0 Å². The normalized spacial score (nSPS) is 15.3. The molecule has 90 valence electrons. The van der Waals surface area contributed by atoms with Crippen LogP contribution in [-0.2, 0) is 9.22 Å². The smallest absolute Gasteiger partial charge is 0.305 e. The van der Waals surface area contributed by atoms with E-state index in [4.69, 9.17) is 4.43 Å². The number of rotatable bonds is 3. The van der Waals surface area contributed by atoms with Crippen molar-refractivity contribution in [3.8, 4) is 0 Å². The van der Waals surface area contributed by atoms with Gasteiger partial charge in [0.05, 0.1) is 0 Å². The van der Waals surface area contributed by atoms with Crippen molar-refractivity contribution in [2.75, 3.05) is 0 Å². The Hall–Kier alpha value is 0.0369. The molecule has 1 atom stereocenters. The third-order valence-electron chi connectivity index (χ3n) is 3.03. The molecule has 0 aromatic carbocycles. The van der Waals surface area contributed by atoms with Crippen LogP contribution in [0, 0.1) is 5.92 Å². The van der Waals surface area contributed by atoms with Gasteiger partial charge in [0, 0.05) is 0 Å². The summed E-state index contributed by atoms with van der Waals surface area (Å²) in [4.78, 5) is 11.8. The Morgan fingerprint density at radius 3 is 1.93 bits per heavy atom. The first kappa shape index (κ1) is 15.0. The fourth-order valence-corrected chi connectivity index (χ4v) is 1.83. The summed E-state index contributed by atoms with van der Waals surface area (Å²) in [5.41, 5.74) is 0. The fourth-order valence-electron chi connectivity index (χ4n) is 0.737. The predicted molar refractivity (Wildman–Crippen MR) is 70.9 cm³/mol. The molecule has 4 heteroatoms. The van der Waals surface area contributed by atoms with Crippen LogP contribution in [0.5, 0.6) is 0 Å². The average Bonchev–Trinajstić information content (AvgIpc) is 1.99. The van der Waals surface area contributed by atoms with Crippen molar-refractivity contribution in [3.05, 3.63) is 0 Å². The van der Waals surface area contributed by atoms with Crippen molar-refractivity contribution in [1.82, 2.24) is 0 Å². The lowest BCUT2D eigenvalue weighted by Crippen LogP contribution is -2.45. The topological polar surface area (TPSA) is 26.3 Å². The van der Waals surface area contributed by atoms with Crippen molar-refractivity contribution in [1.29, 1.82) is 0 Å². The molecule has 0 aliphatic carbocycles. The molecule has 0 N–H and O–H groups in total. The SMILES string of the molecule is CC(C)C(S)C(=O)O[Si](C)(C)C(C)(C)C. The molecule has 0 aliphatic rings. The molecule has 0 saturated carbocycles. The Morgan fingerprint density at radius 1 is 1.27 bits per heavy atom. The Balaban J connectivity index is 4.55. The summed E-state index contributed by atoms with van der Waals surface area (Å²) in [6.07, 6.45) is 0. The van der Waals surface area contributed by atoms with Gasteiger partial charge in [-0.2, -0.15) is 12.6 Å². The molecular formula is C11H24O2SSi. The summed E-state index contributed by atoms with van der Waals surface area (Å²) in [5.74, 6) is 0.0468. The quantitative estimate of drug-likeness (QED) is 0.611. The molecular weight excluding hydrogens is 224 g/mol. The second kappa shape index (κ2) is 4.91. The molecule has 0 aliphatic heterocycles. The number of carbonyl (C=O) groups is 1. The number of thiol groups is 1. The summed E-state index contributed by atoms with van der Waals surface area (Å²) in [6.45, 7) is 14.5. The third-order valence-corrected chi connectivity index (χ3v) is 8.17. The zero-order chi connectivity index (χ0) is 12.4. The number of hydrogen-bond donors (Lipinski definition) is 1. The van der Waals surface area contributed by atoms with E-state index in [-0.39, 0.29) is 22.2 Å². The van der Waals surface area contributed by atoms with Crippen LogP contribution in [0.1, 0.15) is 34.6 Å². The van der Waals surface area contributed by atoms with Gasteiger partial charge in [0.2, 0.25) is 0 Å². The highest BCUT2D eigenvalue weighted by molar-refractivity contribution is 7.81. The minimum Gasteiger partial charge on any atom is -0.518 e. The summed E-state index contributed by atoms with van der Waals surface area (Å²) >= 11 is 4.28. The van der Waals surface area contributed by atoms with Crippen LogP contribution in [0.2, 0.25) is 18.1 Å². The molecule has 0 aromatic heterocycles. The number of hydrogen-bond acceptors (Lipinski definition) is 3. The molecule has 2 nitrogen and oxygen atoms in total. The minimum atomic E-state index is -1.98. The second-order valence-electron chi connectivity index (χ2n) is 5.87. The molecule has 15 heavy (non-hydrogen) atoms. The van der Waals surface area contributed by atoms with Gasteiger partial charge in [0.1, 0.15) is 5.25 Å². The lowest BCUT2D eigenvalue weighted by atomic mass is 10.1. The van der Waals surface area contributed by atoms with Gasteiger partial charge in [-0.1, -0.05) is 34.6 Å². The van der Waals surface area contributed by atoms with Gasteiger partial charge in [0.25, 0.3) is 8.32 Å². The highest BCUT2D eigenvalue weighted by atomic mass is 32.1. The van der Waals surface area contributed by atoms with Crippen molar-refractivity contribution in [2.45, 2.75) is 58.0 Å². The molecule has 0 bridgehead atoms. The molecule has 1 unspecified atom stereocenters. The summed E-state index contributed by atoms with van der Waals surface area (Å²) < 4.78 is 5.65. The maximum Gasteiger partial charge on any atom is 0.305 e. The van der Waals surface area contributed by atoms with E-state index in [0.29, 0.717) is 0 Å². The van der Waals surface area contributed by atoms with Crippen LogP contribution >= 0.6 is 12.6 Å². The van der Waals surface area contributed by atoms with E-state index in [9.17, 15) is 4.79 Å². The van der Waals surface area contributed by atoms with E-state index in [1.54, 1.807) is 0 Å². The van der Waals surface area contributed by atoms with Crippen molar-refractivity contribution >= 4 is 26.9 Å². The first-order valence-electron chi connectivity index (χ1n) is 5.40.